The molecule has 4 aromatic carbocycles. The molecule has 0 aliphatic rings. The second-order valence-electron chi connectivity index (χ2n) is 9.37. The van der Waals surface area contributed by atoms with Gasteiger partial charge in [-0.25, -0.2) is 14.4 Å². The molecule has 0 radical (unpaired) electrons. The Morgan fingerprint density at radius 1 is 0.690 bits per heavy atom. The van der Waals surface area contributed by atoms with Gasteiger partial charge in [0.1, 0.15) is 61.1 Å². The second kappa shape index (κ2) is 12.1. The van der Waals surface area contributed by atoms with Crippen LogP contribution in [0.15, 0.2) is 66.7 Å². The molecule has 12 heteroatoms. The molecular formula is C30H22Cl3FN4O4. The quantitative estimate of drug-likeness (QED) is 0.143. The summed E-state index contributed by atoms with van der Waals surface area (Å²) in [7, 11) is 0. The van der Waals surface area contributed by atoms with E-state index in [9.17, 15) is 9.50 Å². The Morgan fingerprint density at radius 3 is 2.05 bits per heavy atom. The maximum absolute atomic E-state index is 13.5. The first-order valence-electron chi connectivity index (χ1n) is 12.7. The van der Waals surface area contributed by atoms with Crippen molar-refractivity contribution in [3.63, 3.8) is 0 Å². The van der Waals surface area contributed by atoms with Crippen LogP contribution in [0.2, 0.25) is 15.1 Å². The molecule has 0 aliphatic heterocycles. The molecule has 2 aromatic heterocycles. The molecule has 6 rings (SSSR count). The van der Waals surface area contributed by atoms with Gasteiger partial charge in [-0.1, -0.05) is 46.9 Å². The predicted molar refractivity (Wildman–Crippen MR) is 159 cm³/mol. The number of imidazole rings is 2. The fourth-order valence-corrected chi connectivity index (χ4v) is 4.95. The lowest BCUT2D eigenvalue weighted by Crippen LogP contribution is -2.00. The van der Waals surface area contributed by atoms with Crippen LogP contribution in [-0.2, 0) is 26.4 Å². The molecular weight excluding hydrogens is 606 g/mol. The highest BCUT2D eigenvalue weighted by Crippen LogP contribution is 2.32. The zero-order valence-corrected chi connectivity index (χ0v) is 24.0. The van der Waals surface area contributed by atoms with Crippen molar-refractivity contribution in [2.75, 3.05) is 0 Å². The Labute approximate surface area is 253 Å². The van der Waals surface area contributed by atoms with Crippen molar-refractivity contribution in [3.05, 3.63) is 110 Å². The predicted octanol–water partition coefficient (Wildman–Crippen LogP) is 7.77. The number of aromatic amines is 2. The molecule has 0 spiro atoms. The van der Waals surface area contributed by atoms with Crippen molar-refractivity contribution in [2.24, 2.45) is 0 Å². The smallest absolute Gasteiger partial charge is 0.146 e. The van der Waals surface area contributed by atoms with Gasteiger partial charge in [-0.2, -0.15) is 0 Å². The number of fused-ring (bicyclic) bond motifs is 2. The van der Waals surface area contributed by atoms with E-state index in [-0.39, 0.29) is 32.2 Å². The van der Waals surface area contributed by atoms with Crippen LogP contribution in [0.25, 0.3) is 22.1 Å². The van der Waals surface area contributed by atoms with E-state index >= 15 is 0 Å². The number of nitrogens with one attached hydrogen (secondary N) is 2. The molecule has 0 unspecified atom stereocenters. The average molecular weight is 628 g/mol. The number of rotatable bonds is 10. The third-order valence-corrected chi connectivity index (χ3v) is 7.34. The summed E-state index contributed by atoms with van der Waals surface area (Å²) in [5.41, 5.74) is 4.07. The third-order valence-electron chi connectivity index (χ3n) is 6.38. The van der Waals surface area contributed by atoms with Gasteiger partial charge in [0.25, 0.3) is 0 Å². The molecule has 8 nitrogen and oxygen atoms in total. The standard InChI is InChI=1S/C30H22Cl3FN4O4/c31-20-5-4-19(7-17(20)14-42-28-10-25-23(8-22(28)33)35-29(12-39)36-25)40-15-30-37-24-9-21(32)27(11-26(24)38-30)41-13-16-2-1-3-18(34)6-16/h1-11,39H,12-15H2,(H,35,36)(H,37,38). The molecule has 2 heterocycles. The van der Waals surface area contributed by atoms with Crippen molar-refractivity contribution in [2.45, 2.75) is 26.4 Å². The van der Waals surface area contributed by atoms with Crippen LogP contribution in [0, 0.1) is 5.82 Å². The van der Waals surface area contributed by atoms with Gasteiger partial charge >= 0.3 is 0 Å². The van der Waals surface area contributed by atoms with Crippen molar-refractivity contribution >= 4 is 56.9 Å². The van der Waals surface area contributed by atoms with Gasteiger partial charge in [0, 0.05) is 22.7 Å². The van der Waals surface area contributed by atoms with Gasteiger partial charge in [0.15, 0.2) is 0 Å². The van der Waals surface area contributed by atoms with Gasteiger partial charge in [-0.15, -0.1) is 0 Å². The molecule has 0 saturated heterocycles. The average Bonchev–Trinajstić information content (AvgIpc) is 3.57. The van der Waals surface area contributed by atoms with Gasteiger partial charge < -0.3 is 29.3 Å². The minimum Gasteiger partial charge on any atom is -0.487 e. The van der Waals surface area contributed by atoms with Crippen molar-refractivity contribution in [1.29, 1.82) is 0 Å². The van der Waals surface area contributed by atoms with Gasteiger partial charge in [-0.05, 0) is 48.0 Å². The number of halogens is 4. The first-order valence-corrected chi connectivity index (χ1v) is 13.9. The fourth-order valence-electron chi connectivity index (χ4n) is 4.34. The molecule has 6 aromatic rings. The van der Waals surface area contributed by atoms with E-state index < -0.39 is 0 Å². The highest BCUT2D eigenvalue weighted by Gasteiger charge is 2.13. The van der Waals surface area contributed by atoms with Crippen molar-refractivity contribution in [1.82, 2.24) is 19.9 Å². The second-order valence-corrected chi connectivity index (χ2v) is 10.6. The number of ether oxygens (including phenoxy) is 3. The Hall–Kier alpha value is -4.02. The summed E-state index contributed by atoms with van der Waals surface area (Å²) in [6.07, 6.45) is 0. The highest BCUT2D eigenvalue weighted by atomic mass is 35.5. The summed E-state index contributed by atoms with van der Waals surface area (Å²) >= 11 is 19.2. The van der Waals surface area contributed by atoms with E-state index in [1.54, 1.807) is 54.6 Å². The monoisotopic (exact) mass is 626 g/mol. The van der Waals surface area contributed by atoms with Crippen LogP contribution < -0.4 is 14.2 Å². The summed E-state index contributed by atoms with van der Waals surface area (Å²) in [5.74, 6) is 2.13. The minimum absolute atomic E-state index is 0.139. The first kappa shape index (κ1) is 28.1. The van der Waals surface area contributed by atoms with Crippen molar-refractivity contribution < 1.29 is 23.7 Å². The van der Waals surface area contributed by atoms with Crippen LogP contribution in [0.1, 0.15) is 22.8 Å². The molecule has 0 saturated carbocycles. The van der Waals surface area contributed by atoms with E-state index in [4.69, 9.17) is 49.0 Å². The molecule has 42 heavy (non-hydrogen) atoms. The molecule has 0 amide bonds. The summed E-state index contributed by atoms with van der Waals surface area (Å²) in [4.78, 5) is 15.1. The van der Waals surface area contributed by atoms with E-state index in [0.717, 1.165) is 5.52 Å². The number of nitrogens with zero attached hydrogens (tertiary/aromatic N) is 2. The Kier molecular flexibility index (Phi) is 8.08. The number of benzene rings is 4. The fraction of sp³-hybridized carbons (Fsp3) is 0.133. The zero-order valence-electron chi connectivity index (χ0n) is 21.8. The Bertz CT molecular complexity index is 1910. The zero-order chi connectivity index (χ0) is 29.2. The van der Waals surface area contributed by atoms with Gasteiger partial charge in [0.2, 0.25) is 0 Å². The maximum Gasteiger partial charge on any atom is 0.146 e. The van der Waals surface area contributed by atoms with Gasteiger partial charge in [-0.3, -0.25) is 0 Å². The summed E-state index contributed by atoms with van der Waals surface area (Å²) < 4.78 is 31.2. The number of hydrogen-bond donors (Lipinski definition) is 3. The SMILES string of the molecule is OCc1nc2cc(OCc3cc(OCc4nc5cc(OCc6cccc(F)c6)c(Cl)cc5[nH]4)ccc3Cl)c(Cl)cc2[nH]1. The number of H-pyrrole nitrogens is 2. The summed E-state index contributed by atoms with van der Waals surface area (Å²) in [6, 6.07) is 18.3. The highest BCUT2D eigenvalue weighted by molar-refractivity contribution is 6.33. The summed E-state index contributed by atoms with van der Waals surface area (Å²) in [6.45, 7) is 0.253. The Balaban J connectivity index is 1.11. The number of aromatic nitrogens is 4. The number of hydrogen-bond acceptors (Lipinski definition) is 6. The third kappa shape index (κ3) is 6.24. The topological polar surface area (TPSA) is 105 Å². The van der Waals surface area contributed by atoms with Crippen LogP contribution in [0.3, 0.4) is 0 Å². The van der Waals surface area contributed by atoms with Gasteiger partial charge in [0.05, 0.1) is 32.1 Å². The summed E-state index contributed by atoms with van der Waals surface area (Å²) in [5, 5.41) is 10.6. The van der Waals surface area contributed by atoms with E-state index in [1.165, 1.54) is 12.1 Å². The minimum atomic E-state index is -0.329. The van der Waals surface area contributed by atoms with Crippen LogP contribution in [-0.4, -0.2) is 25.0 Å². The molecule has 0 atom stereocenters. The largest absolute Gasteiger partial charge is 0.487 e. The van der Waals surface area contributed by atoms with E-state index in [1.807, 2.05) is 0 Å². The molecule has 0 fully saturated rings. The van der Waals surface area contributed by atoms with Crippen molar-refractivity contribution in [3.8, 4) is 17.2 Å². The maximum atomic E-state index is 13.5. The molecule has 3 N–H and O–H groups in total. The lowest BCUT2D eigenvalue weighted by Gasteiger charge is -2.11. The molecule has 0 bridgehead atoms. The normalized spacial score (nSPS) is 11.4. The lowest BCUT2D eigenvalue weighted by molar-refractivity contribution is 0.273. The first-order chi connectivity index (χ1) is 20.3. The number of aliphatic hydroxyl groups is 1. The van der Waals surface area contributed by atoms with Crippen LogP contribution >= 0.6 is 34.8 Å². The Morgan fingerprint density at radius 2 is 1.36 bits per heavy atom. The number of aliphatic hydroxyl groups excluding tert-OH is 1. The lowest BCUT2D eigenvalue weighted by atomic mass is 10.2. The molecule has 214 valence electrons. The van der Waals surface area contributed by atoms with E-state index in [2.05, 4.69) is 19.9 Å². The van der Waals surface area contributed by atoms with Crippen LogP contribution in [0.4, 0.5) is 4.39 Å². The van der Waals surface area contributed by atoms with Crippen LogP contribution in [0.5, 0.6) is 17.2 Å². The van der Waals surface area contributed by atoms with E-state index in [0.29, 0.717) is 71.6 Å². The molecule has 0 aliphatic carbocycles.